The molecule has 1 aromatic rings. The van der Waals surface area contributed by atoms with Crippen LogP contribution in [0, 0.1) is 0 Å². The maximum absolute atomic E-state index is 6.12. The van der Waals surface area contributed by atoms with Crippen LogP contribution in [0.4, 0.5) is 5.69 Å². The standard InChI is InChI=1S/C14H22N2/c1-2-11-7-9-12(10-8-11)16-14-6-4-3-5-13(14)15/h7-10,13-14,16H,2-6,15H2,1H3/t13-,14-/m0/s1. The van der Waals surface area contributed by atoms with Gasteiger partial charge in [-0.05, 0) is 37.0 Å². The number of aryl methyl sites for hydroxylation is 1. The molecule has 1 saturated carbocycles. The minimum atomic E-state index is 0.319. The molecule has 2 nitrogen and oxygen atoms in total. The van der Waals surface area contributed by atoms with Crippen LogP contribution in [0.5, 0.6) is 0 Å². The lowest BCUT2D eigenvalue weighted by Gasteiger charge is -2.30. The Morgan fingerprint density at radius 3 is 2.50 bits per heavy atom. The molecule has 16 heavy (non-hydrogen) atoms. The van der Waals surface area contributed by atoms with E-state index in [2.05, 4.69) is 36.5 Å². The molecule has 0 heterocycles. The van der Waals surface area contributed by atoms with Gasteiger partial charge in [-0.3, -0.25) is 0 Å². The summed E-state index contributed by atoms with van der Waals surface area (Å²) in [5, 5.41) is 3.56. The van der Waals surface area contributed by atoms with E-state index in [1.807, 2.05) is 0 Å². The van der Waals surface area contributed by atoms with Crippen molar-refractivity contribution in [2.24, 2.45) is 5.73 Å². The van der Waals surface area contributed by atoms with Crippen LogP contribution in [0.3, 0.4) is 0 Å². The molecule has 1 fully saturated rings. The van der Waals surface area contributed by atoms with E-state index in [0.29, 0.717) is 12.1 Å². The van der Waals surface area contributed by atoms with Crippen LogP contribution < -0.4 is 11.1 Å². The van der Waals surface area contributed by atoms with Gasteiger partial charge in [-0.2, -0.15) is 0 Å². The fourth-order valence-corrected chi connectivity index (χ4v) is 2.39. The summed E-state index contributed by atoms with van der Waals surface area (Å²) in [5.41, 5.74) is 8.72. The molecule has 2 rings (SSSR count). The van der Waals surface area contributed by atoms with Crippen LogP contribution in [-0.2, 0) is 6.42 Å². The van der Waals surface area contributed by atoms with Gasteiger partial charge in [-0.25, -0.2) is 0 Å². The van der Waals surface area contributed by atoms with Gasteiger partial charge in [0.05, 0.1) is 0 Å². The highest BCUT2D eigenvalue weighted by Gasteiger charge is 2.21. The molecule has 1 aliphatic carbocycles. The van der Waals surface area contributed by atoms with Gasteiger partial charge in [-0.1, -0.05) is 31.9 Å². The largest absolute Gasteiger partial charge is 0.381 e. The lowest BCUT2D eigenvalue weighted by atomic mass is 9.91. The normalized spacial score (nSPS) is 25.4. The monoisotopic (exact) mass is 218 g/mol. The number of rotatable bonds is 3. The average molecular weight is 218 g/mol. The molecule has 0 saturated heterocycles. The third kappa shape index (κ3) is 2.76. The quantitative estimate of drug-likeness (QED) is 0.818. The molecule has 1 aliphatic rings. The summed E-state index contributed by atoms with van der Waals surface area (Å²) in [6.07, 6.45) is 6.05. The number of nitrogens with two attached hydrogens (primary N) is 1. The van der Waals surface area contributed by atoms with Crippen LogP contribution in [0.2, 0.25) is 0 Å². The molecule has 0 aliphatic heterocycles. The number of anilines is 1. The summed E-state index contributed by atoms with van der Waals surface area (Å²) in [6, 6.07) is 9.49. The first kappa shape index (κ1) is 11.5. The molecular weight excluding hydrogens is 196 g/mol. The van der Waals surface area contributed by atoms with E-state index in [-0.39, 0.29) is 0 Å². The van der Waals surface area contributed by atoms with Crippen molar-refractivity contribution in [3.8, 4) is 0 Å². The Balaban J connectivity index is 1.96. The molecule has 0 spiro atoms. The summed E-state index contributed by atoms with van der Waals surface area (Å²) in [4.78, 5) is 0. The Kier molecular flexibility index (Phi) is 3.83. The van der Waals surface area contributed by atoms with Gasteiger partial charge in [0.15, 0.2) is 0 Å². The predicted molar refractivity (Wildman–Crippen MR) is 69.7 cm³/mol. The third-order valence-electron chi connectivity index (χ3n) is 3.53. The zero-order valence-corrected chi connectivity index (χ0v) is 10.1. The van der Waals surface area contributed by atoms with Crippen molar-refractivity contribution in [2.75, 3.05) is 5.32 Å². The highest BCUT2D eigenvalue weighted by atomic mass is 15.0. The maximum atomic E-state index is 6.12. The van der Waals surface area contributed by atoms with Gasteiger partial charge >= 0.3 is 0 Å². The summed E-state index contributed by atoms with van der Waals surface area (Å²) in [7, 11) is 0. The molecular formula is C14H22N2. The molecule has 2 heteroatoms. The van der Waals surface area contributed by atoms with Crippen molar-refractivity contribution in [1.29, 1.82) is 0 Å². The number of hydrogen-bond donors (Lipinski definition) is 2. The fraction of sp³-hybridized carbons (Fsp3) is 0.571. The second-order valence-electron chi connectivity index (χ2n) is 4.75. The SMILES string of the molecule is CCc1ccc(N[C@H]2CCCC[C@@H]2N)cc1. The van der Waals surface area contributed by atoms with E-state index in [0.717, 1.165) is 12.8 Å². The Hall–Kier alpha value is -1.02. The zero-order valence-electron chi connectivity index (χ0n) is 10.1. The lowest BCUT2D eigenvalue weighted by molar-refractivity contribution is 0.404. The van der Waals surface area contributed by atoms with Crippen LogP contribution in [-0.4, -0.2) is 12.1 Å². The second kappa shape index (κ2) is 5.35. The van der Waals surface area contributed by atoms with Crippen molar-refractivity contribution in [3.63, 3.8) is 0 Å². The Bertz CT molecular complexity index is 318. The van der Waals surface area contributed by atoms with Gasteiger partial charge in [0, 0.05) is 17.8 Å². The summed E-state index contributed by atoms with van der Waals surface area (Å²) < 4.78 is 0. The molecule has 2 atom stereocenters. The first-order chi connectivity index (χ1) is 7.79. The smallest absolute Gasteiger partial charge is 0.0412 e. The van der Waals surface area contributed by atoms with Crippen molar-refractivity contribution in [3.05, 3.63) is 29.8 Å². The Morgan fingerprint density at radius 2 is 1.88 bits per heavy atom. The van der Waals surface area contributed by atoms with E-state index < -0.39 is 0 Å². The molecule has 3 N–H and O–H groups in total. The molecule has 88 valence electrons. The molecule has 1 aromatic carbocycles. The molecule has 0 radical (unpaired) electrons. The first-order valence-corrected chi connectivity index (χ1v) is 6.40. The number of hydrogen-bond acceptors (Lipinski definition) is 2. The molecule has 0 unspecified atom stereocenters. The van der Waals surface area contributed by atoms with Crippen molar-refractivity contribution < 1.29 is 0 Å². The fourth-order valence-electron chi connectivity index (χ4n) is 2.39. The van der Waals surface area contributed by atoms with E-state index in [4.69, 9.17) is 5.73 Å². The Labute approximate surface area is 98.2 Å². The van der Waals surface area contributed by atoms with Crippen molar-refractivity contribution in [2.45, 2.75) is 51.1 Å². The van der Waals surface area contributed by atoms with Crippen molar-refractivity contribution >= 4 is 5.69 Å². The van der Waals surface area contributed by atoms with Crippen LogP contribution >= 0.6 is 0 Å². The predicted octanol–water partition coefficient (Wildman–Crippen LogP) is 2.93. The Morgan fingerprint density at radius 1 is 1.19 bits per heavy atom. The average Bonchev–Trinajstić information content (AvgIpc) is 2.33. The van der Waals surface area contributed by atoms with Gasteiger partial charge in [0.2, 0.25) is 0 Å². The van der Waals surface area contributed by atoms with E-state index in [9.17, 15) is 0 Å². The summed E-state index contributed by atoms with van der Waals surface area (Å²) in [6.45, 7) is 2.18. The van der Waals surface area contributed by atoms with Crippen molar-refractivity contribution in [1.82, 2.24) is 0 Å². The minimum Gasteiger partial charge on any atom is -0.381 e. The summed E-state index contributed by atoms with van der Waals surface area (Å²) >= 11 is 0. The van der Waals surface area contributed by atoms with Gasteiger partial charge < -0.3 is 11.1 Å². The number of nitrogens with one attached hydrogen (secondary N) is 1. The first-order valence-electron chi connectivity index (χ1n) is 6.40. The summed E-state index contributed by atoms with van der Waals surface area (Å²) in [5.74, 6) is 0. The number of benzene rings is 1. The van der Waals surface area contributed by atoms with E-state index in [1.165, 1.54) is 30.5 Å². The molecule has 0 amide bonds. The van der Waals surface area contributed by atoms with E-state index >= 15 is 0 Å². The molecule has 0 aromatic heterocycles. The molecule has 0 bridgehead atoms. The lowest BCUT2D eigenvalue weighted by Crippen LogP contribution is -2.42. The van der Waals surface area contributed by atoms with Crippen LogP contribution in [0.25, 0.3) is 0 Å². The highest BCUT2D eigenvalue weighted by Crippen LogP contribution is 2.21. The van der Waals surface area contributed by atoms with Crippen LogP contribution in [0.15, 0.2) is 24.3 Å². The third-order valence-corrected chi connectivity index (χ3v) is 3.53. The minimum absolute atomic E-state index is 0.319. The van der Waals surface area contributed by atoms with E-state index in [1.54, 1.807) is 0 Å². The van der Waals surface area contributed by atoms with Gasteiger partial charge in [-0.15, -0.1) is 0 Å². The van der Waals surface area contributed by atoms with Gasteiger partial charge in [0.25, 0.3) is 0 Å². The highest BCUT2D eigenvalue weighted by molar-refractivity contribution is 5.45. The zero-order chi connectivity index (χ0) is 11.4. The topological polar surface area (TPSA) is 38.0 Å². The van der Waals surface area contributed by atoms with Crippen LogP contribution in [0.1, 0.15) is 38.2 Å². The van der Waals surface area contributed by atoms with Gasteiger partial charge in [0.1, 0.15) is 0 Å². The second-order valence-corrected chi connectivity index (χ2v) is 4.75. The maximum Gasteiger partial charge on any atom is 0.0412 e.